The highest BCUT2D eigenvalue weighted by atomic mass is 15.1. The molecule has 0 saturated carbocycles. The van der Waals surface area contributed by atoms with Gasteiger partial charge in [0, 0.05) is 41.8 Å². The van der Waals surface area contributed by atoms with E-state index >= 15 is 0 Å². The highest BCUT2D eigenvalue weighted by Gasteiger charge is 2.14. The Bertz CT molecular complexity index is 1840. The van der Waals surface area contributed by atoms with Crippen LogP contribution >= 0.6 is 0 Å². The Balaban J connectivity index is 1.31. The Kier molecular flexibility index (Phi) is 7.20. The first-order valence-electron chi connectivity index (χ1n) is 13.5. The molecule has 0 amide bonds. The Labute approximate surface area is 234 Å². The van der Waals surface area contributed by atoms with Gasteiger partial charge in [-0.3, -0.25) is 10.1 Å². The monoisotopic (exact) mass is 521 g/mol. The largest absolute Gasteiger partial charge is 0.353 e. The molecule has 0 unspecified atom stereocenters. The SMILES string of the molecule is C=C/C(=C\C(=C/C)c1ccc2[nH]nc(-c3cc4c(-c5ccncc5)cccc4[nH]3)c2c1)CNCc1ccccc1. The van der Waals surface area contributed by atoms with E-state index in [0.29, 0.717) is 0 Å². The zero-order valence-corrected chi connectivity index (χ0v) is 22.5. The minimum absolute atomic E-state index is 0.740. The summed E-state index contributed by atoms with van der Waals surface area (Å²) in [7, 11) is 0. The lowest BCUT2D eigenvalue weighted by Crippen LogP contribution is -2.15. The molecule has 3 N–H and O–H groups in total. The lowest BCUT2D eigenvalue weighted by molar-refractivity contribution is 0.747. The van der Waals surface area contributed by atoms with Crippen molar-refractivity contribution >= 4 is 27.4 Å². The van der Waals surface area contributed by atoms with Crippen LogP contribution in [0.15, 0.2) is 128 Å². The van der Waals surface area contributed by atoms with Crippen LogP contribution in [0.4, 0.5) is 0 Å². The maximum Gasteiger partial charge on any atom is 0.116 e. The zero-order chi connectivity index (χ0) is 27.3. The number of benzene rings is 3. The number of rotatable bonds is 9. The van der Waals surface area contributed by atoms with E-state index in [1.165, 1.54) is 11.1 Å². The summed E-state index contributed by atoms with van der Waals surface area (Å²) in [5.41, 5.74) is 10.9. The molecule has 0 aliphatic heterocycles. The molecule has 6 aromatic rings. The average Bonchev–Trinajstić information content (AvgIpc) is 3.63. The topological polar surface area (TPSA) is 69.4 Å². The normalized spacial score (nSPS) is 12.3. The van der Waals surface area contributed by atoms with Crippen molar-refractivity contribution in [1.82, 2.24) is 25.5 Å². The number of hydrogen-bond donors (Lipinski definition) is 3. The number of nitrogens with one attached hydrogen (secondary N) is 3. The van der Waals surface area contributed by atoms with E-state index < -0.39 is 0 Å². The van der Waals surface area contributed by atoms with Gasteiger partial charge in [-0.1, -0.05) is 73.3 Å². The fourth-order valence-corrected chi connectivity index (χ4v) is 5.13. The maximum absolute atomic E-state index is 4.71. The van der Waals surface area contributed by atoms with Gasteiger partial charge in [-0.05, 0) is 76.7 Å². The van der Waals surface area contributed by atoms with Gasteiger partial charge in [0.2, 0.25) is 0 Å². The Morgan fingerprint density at radius 2 is 1.75 bits per heavy atom. The van der Waals surface area contributed by atoms with Crippen LogP contribution in [0.2, 0.25) is 0 Å². The van der Waals surface area contributed by atoms with Crippen LogP contribution in [0.25, 0.3) is 49.9 Å². The lowest BCUT2D eigenvalue weighted by Gasteiger charge is -2.09. The summed E-state index contributed by atoms with van der Waals surface area (Å²) in [5.74, 6) is 0. The van der Waals surface area contributed by atoms with Crippen molar-refractivity contribution in [3.05, 3.63) is 139 Å². The number of allylic oxidation sites excluding steroid dienone is 3. The van der Waals surface area contributed by atoms with Gasteiger partial charge in [0.25, 0.3) is 0 Å². The van der Waals surface area contributed by atoms with E-state index in [-0.39, 0.29) is 0 Å². The molecule has 6 rings (SSSR count). The summed E-state index contributed by atoms with van der Waals surface area (Å²) in [6.45, 7) is 7.68. The molecule has 0 aliphatic carbocycles. The van der Waals surface area contributed by atoms with E-state index in [2.05, 4.69) is 113 Å². The van der Waals surface area contributed by atoms with Gasteiger partial charge in [0.05, 0.1) is 11.2 Å². The van der Waals surface area contributed by atoms with Crippen molar-refractivity contribution in [2.24, 2.45) is 0 Å². The molecule has 5 nitrogen and oxygen atoms in total. The first kappa shape index (κ1) is 25.3. The molecule has 196 valence electrons. The number of fused-ring (bicyclic) bond motifs is 2. The standard InChI is InChI=1S/C35H31N5/c1-3-24(22-37-23-25-9-6-5-7-10-25)19-26(4-2)28-13-14-33-31(20-28)35(40-39-33)34-21-30-29(11-8-12-32(30)38-34)27-15-17-36-18-16-27/h3-21,37-38H,1,22-23H2,2H3,(H,39,40)/b24-19+,26-4+. The van der Waals surface area contributed by atoms with Crippen LogP contribution in [-0.2, 0) is 6.54 Å². The summed E-state index contributed by atoms with van der Waals surface area (Å²) in [6, 6.07) is 29.5. The molecule has 0 aliphatic rings. The van der Waals surface area contributed by atoms with Crippen LogP contribution in [0, 0.1) is 0 Å². The number of H-pyrrole nitrogens is 2. The molecule has 0 bridgehead atoms. The number of hydrogen-bond acceptors (Lipinski definition) is 3. The highest BCUT2D eigenvalue weighted by Crippen LogP contribution is 2.34. The number of nitrogens with zero attached hydrogens (tertiary/aromatic N) is 2. The molecule has 0 saturated heterocycles. The minimum atomic E-state index is 0.740. The van der Waals surface area contributed by atoms with Gasteiger partial charge in [0.15, 0.2) is 0 Å². The third kappa shape index (κ3) is 5.15. The molecule has 3 aromatic carbocycles. The predicted octanol–water partition coefficient (Wildman–Crippen LogP) is 8.08. The van der Waals surface area contributed by atoms with E-state index in [9.17, 15) is 0 Å². The number of aromatic amines is 2. The maximum atomic E-state index is 4.71. The Morgan fingerprint density at radius 1 is 0.900 bits per heavy atom. The fourth-order valence-electron chi connectivity index (χ4n) is 5.13. The molecule has 0 spiro atoms. The zero-order valence-electron chi connectivity index (χ0n) is 22.5. The molecule has 0 radical (unpaired) electrons. The van der Waals surface area contributed by atoms with E-state index in [1.807, 2.05) is 36.7 Å². The van der Waals surface area contributed by atoms with Gasteiger partial charge < -0.3 is 10.3 Å². The molecule has 40 heavy (non-hydrogen) atoms. The second-order valence-electron chi connectivity index (χ2n) is 9.77. The molecule has 0 fully saturated rings. The van der Waals surface area contributed by atoms with E-state index in [0.717, 1.165) is 68.6 Å². The fraction of sp³-hybridized carbons (Fsp3) is 0.0857. The smallest absolute Gasteiger partial charge is 0.116 e. The average molecular weight is 522 g/mol. The van der Waals surface area contributed by atoms with Crippen LogP contribution < -0.4 is 5.32 Å². The van der Waals surface area contributed by atoms with Crippen LogP contribution in [-0.4, -0.2) is 26.7 Å². The third-order valence-corrected chi connectivity index (χ3v) is 7.22. The van der Waals surface area contributed by atoms with Crippen LogP contribution in [0.3, 0.4) is 0 Å². The third-order valence-electron chi connectivity index (χ3n) is 7.22. The van der Waals surface area contributed by atoms with E-state index in [1.54, 1.807) is 0 Å². The molecule has 3 heterocycles. The van der Waals surface area contributed by atoms with Crippen molar-refractivity contribution in [3.63, 3.8) is 0 Å². The van der Waals surface area contributed by atoms with Crippen molar-refractivity contribution in [2.75, 3.05) is 6.54 Å². The second-order valence-corrected chi connectivity index (χ2v) is 9.77. The van der Waals surface area contributed by atoms with Gasteiger partial charge in [0.1, 0.15) is 5.69 Å². The first-order valence-corrected chi connectivity index (χ1v) is 13.5. The summed E-state index contributed by atoms with van der Waals surface area (Å²) in [6.07, 6.45) is 9.93. The Hall–Kier alpha value is -5.00. The van der Waals surface area contributed by atoms with Crippen LogP contribution in [0.1, 0.15) is 18.1 Å². The second kappa shape index (κ2) is 11.4. The van der Waals surface area contributed by atoms with E-state index in [4.69, 9.17) is 5.10 Å². The van der Waals surface area contributed by atoms with Crippen LogP contribution in [0.5, 0.6) is 0 Å². The summed E-state index contributed by atoms with van der Waals surface area (Å²) >= 11 is 0. The first-order chi connectivity index (χ1) is 19.7. The molecule has 5 heteroatoms. The lowest BCUT2D eigenvalue weighted by atomic mass is 9.99. The minimum Gasteiger partial charge on any atom is -0.353 e. The molecule has 0 atom stereocenters. The predicted molar refractivity (Wildman–Crippen MR) is 167 cm³/mol. The van der Waals surface area contributed by atoms with Crippen molar-refractivity contribution in [1.29, 1.82) is 0 Å². The van der Waals surface area contributed by atoms with Gasteiger partial charge in [-0.15, -0.1) is 0 Å². The van der Waals surface area contributed by atoms with Gasteiger partial charge >= 0.3 is 0 Å². The van der Waals surface area contributed by atoms with Gasteiger partial charge in [-0.2, -0.15) is 5.10 Å². The summed E-state index contributed by atoms with van der Waals surface area (Å²) in [5, 5.41) is 13.7. The quantitative estimate of drug-likeness (QED) is 0.168. The highest BCUT2D eigenvalue weighted by molar-refractivity contribution is 6.01. The Morgan fingerprint density at radius 3 is 2.55 bits per heavy atom. The number of pyridine rings is 1. The summed E-state index contributed by atoms with van der Waals surface area (Å²) < 4.78 is 0. The summed E-state index contributed by atoms with van der Waals surface area (Å²) in [4.78, 5) is 7.77. The van der Waals surface area contributed by atoms with Crippen molar-refractivity contribution in [3.8, 4) is 22.5 Å². The molecule has 3 aromatic heterocycles. The van der Waals surface area contributed by atoms with Gasteiger partial charge in [-0.25, -0.2) is 0 Å². The van der Waals surface area contributed by atoms with Crippen molar-refractivity contribution < 1.29 is 0 Å². The van der Waals surface area contributed by atoms with Crippen molar-refractivity contribution in [2.45, 2.75) is 13.5 Å². The molecular formula is C35H31N5. The number of aromatic nitrogens is 4. The molecular weight excluding hydrogens is 490 g/mol.